The van der Waals surface area contributed by atoms with Gasteiger partial charge in [0.1, 0.15) is 6.61 Å². The van der Waals surface area contributed by atoms with Crippen molar-refractivity contribution in [2.45, 2.75) is 18.9 Å². The Morgan fingerprint density at radius 2 is 2.20 bits per heavy atom. The van der Waals surface area contributed by atoms with E-state index in [4.69, 9.17) is 9.47 Å². The van der Waals surface area contributed by atoms with Crippen molar-refractivity contribution in [1.82, 2.24) is 10.6 Å². The molecule has 1 amide bonds. The van der Waals surface area contributed by atoms with Gasteiger partial charge < -0.3 is 20.1 Å². The van der Waals surface area contributed by atoms with Crippen molar-refractivity contribution < 1.29 is 14.3 Å². The Balaban J connectivity index is 1.51. The number of rotatable bonds is 3. The fourth-order valence-corrected chi connectivity index (χ4v) is 2.61. The van der Waals surface area contributed by atoms with Crippen LogP contribution in [0, 0.1) is 5.92 Å². The minimum atomic E-state index is -0.554. The molecule has 1 saturated heterocycles. The van der Waals surface area contributed by atoms with Gasteiger partial charge in [0.15, 0.2) is 11.5 Å². The van der Waals surface area contributed by atoms with Crippen molar-refractivity contribution in [3.8, 4) is 11.5 Å². The van der Waals surface area contributed by atoms with Gasteiger partial charge in [0.05, 0.1) is 0 Å². The lowest BCUT2D eigenvalue weighted by atomic mass is 10.00. The number of benzene rings is 1. The molecule has 1 fully saturated rings. The first-order valence-corrected chi connectivity index (χ1v) is 7.20. The maximum Gasteiger partial charge on any atom is 0.264 e. The molecule has 3 rings (SSSR count). The highest BCUT2D eigenvalue weighted by molar-refractivity contribution is 5.81. The molecule has 20 heavy (non-hydrogen) atoms. The van der Waals surface area contributed by atoms with Gasteiger partial charge in [-0.3, -0.25) is 4.79 Å². The number of carbonyl (C=O) groups is 1. The summed E-state index contributed by atoms with van der Waals surface area (Å²) >= 11 is 0. The van der Waals surface area contributed by atoms with Crippen LogP contribution >= 0.6 is 0 Å². The molecule has 0 spiro atoms. The standard InChI is InChI=1S/C15H20N2O3/c18-15(17-9-11-4-3-7-16-8-11)14-10-19-12-5-1-2-6-13(12)20-14/h1-2,5-6,11,14,16H,3-4,7-10H2,(H,17,18)/t11-,14-/m1/s1. The van der Waals surface area contributed by atoms with E-state index in [0.29, 0.717) is 24.0 Å². The Morgan fingerprint density at radius 3 is 3.00 bits per heavy atom. The summed E-state index contributed by atoms with van der Waals surface area (Å²) in [6.45, 7) is 3.03. The minimum Gasteiger partial charge on any atom is -0.485 e. The SMILES string of the molecule is O=C(NC[C@@H]1CCCNC1)[C@H]1COc2ccccc2O1. The topological polar surface area (TPSA) is 59.6 Å². The van der Waals surface area contributed by atoms with Gasteiger partial charge in [-0.05, 0) is 44.0 Å². The molecular weight excluding hydrogens is 256 g/mol. The van der Waals surface area contributed by atoms with Crippen molar-refractivity contribution in [1.29, 1.82) is 0 Å². The van der Waals surface area contributed by atoms with E-state index in [1.807, 2.05) is 24.3 Å². The highest BCUT2D eigenvalue weighted by Crippen LogP contribution is 2.30. The summed E-state index contributed by atoms with van der Waals surface area (Å²) in [5.41, 5.74) is 0. The van der Waals surface area contributed by atoms with Crippen LogP contribution in [0.3, 0.4) is 0 Å². The van der Waals surface area contributed by atoms with Crippen LogP contribution in [-0.4, -0.2) is 38.3 Å². The molecule has 0 aromatic heterocycles. The summed E-state index contributed by atoms with van der Waals surface area (Å²) in [6.07, 6.45) is 1.79. The molecule has 1 aromatic rings. The van der Waals surface area contributed by atoms with Crippen LogP contribution in [0.15, 0.2) is 24.3 Å². The first-order valence-electron chi connectivity index (χ1n) is 7.20. The summed E-state index contributed by atoms with van der Waals surface area (Å²) in [6, 6.07) is 7.42. The minimum absolute atomic E-state index is 0.0925. The van der Waals surface area contributed by atoms with Crippen LogP contribution in [-0.2, 0) is 4.79 Å². The second kappa shape index (κ2) is 6.13. The number of nitrogens with one attached hydrogen (secondary N) is 2. The molecule has 0 bridgehead atoms. The van der Waals surface area contributed by atoms with E-state index in [2.05, 4.69) is 10.6 Å². The van der Waals surface area contributed by atoms with Gasteiger partial charge in [-0.1, -0.05) is 12.1 Å². The van der Waals surface area contributed by atoms with E-state index in [1.54, 1.807) is 0 Å². The predicted octanol–water partition coefficient (Wildman–Crippen LogP) is 0.942. The number of piperidine rings is 1. The predicted molar refractivity (Wildman–Crippen MR) is 75.0 cm³/mol. The molecule has 0 aliphatic carbocycles. The molecule has 2 heterocycles. The van der Waals surface area contributed by atoms with Crippen LogP contribution < -0.4 is 20.1 Å². The summed E-state index contributed by atoms with van der Waals surface area (Å²) in [5.74, 6) is 1.76. The molecule has 2 atom stereocenters. The Hall–Kier alpha value is -1.75. The lowest BCUT2D eigenvalue weighted by molar-refractivity contribution is -0.130. The van der Waals surface area contributed by atoms with E-state index >= 15 is 0 Å². The second-order valence-corrected chi connectivity index (χ2v) is 5.32. The summed E-state index contributed by atoms with van der Waals surface area (Å²) < 4.78 is 11.2. The number of carbonyl (C=O) groups excluding carboxylic acids is 1. The van der Waals surface area contributed by atoms with Crippen LogP contribution in [0.4, 0.5) is 0 Å². The number of para-hydroxylation sites is 2. The zero-order chi connectivity index (χ0) is 13.8. The molecule has 108 valence electrons. The highest BCUT2D eigenvalue weighted by Gasteiger charge is 2.27. The van der Waals surface area contributed by atoms with E-state index in [1.165, 1.54) is 6.42 Å². The molecule has 5 nitrogen and oxygen atoms in total. The quantitative estimate of drug-likeness (QED) is 0.862. The van der Waals surface area contributed by atoms with Gasteiger partial charge in [-0.25, -0.2) is 0 Å². The molecule has 0 saturated carbocycles. The second-order valence-electron chi connectivity index (χ2n) is 5.32. The third-order valence-corrected chi connectivity index (χ3v) is 3.76. The summed E-state index contributed by atoms with van der Waals surface area (Å²) in [4.78, 5) is 12.1. The molecule has 0 radical (unpaired) electrons. The number of amides is 1. The fraction of sp³-hybridized carbons (Fsp3) is 0.533. The molecule has 0 unspecified atom stereocenters. The van der Waals surface area contributed by atoms with E-state index in [0.717, 1.165) is 19.5 Å². The zero-order valence-electron chi connectivity index (χ0n) is 11.4. The van der Waals surface area contributed by atoms with E-state index in [9.17, 15) is 4.79 Å². The largest absolute Gasteiger partial charge is 0.485 e. The van der Waals surface area contributed by atoms with Crippen LogP contribution in [0.25, 0.3) is 0 Å². The Morgan fingerprint density at radius 1 is 1.35 bits per heavy atom. The summed E-state index contributed by atoms with van der Waals surface area (Å²) in [7, 11) is 0. The van der Waals surface area contributed by atoms with Gasteiger partial charge in [-0.2, -0.15) is 0 Å². The molecular formula is C15H20N2O3. The highest BCUT2D eigenvalue weighted by atomic mass is 16.6. The van der Waals surface area contributed by atoms with Crippen LogP contribution in [0.1, 0.15) is 12.8 Å². The number of hydrogen-bond acceptors (Lipinski definition) is 4. The molecule has 5 heteroatoms. The molecule has 2 aliphatic rings. The van der Waals surface area contributed by atoms with Gasteiger partial charge in [0, 0.05) is 6.54 Å². The van der Waals surface area contributed by atoms with E-state index in [-0.39, 0.29) is 12.5 Å². The summed E-state index contributed by atoms with van der Waals surface area (Å²) in [5, 5.41) is 6.31. The Labute approximate surface area is 118 Å². The van der Waals surface area contributed by atoms with Crippen molar-refractivity contribution in [3.63, 3.8) is 0 Å². The number of fused-ring (bicyclic) bond motifs is 1. The third-order valence-electron chi connectivity index (χ3n) is 3.76. The van der Waals surface area contributed by atoms with Crippen LogP contribution in [0.5, 0.6) is 11.5 Å². The number of ether oxygens (including phenoxy) is 2. The first kappa shape index (κ1) is 13.2. The average Bonchev–Trinajstić information content (AvgIpc) is 2.53. The van der Waals surface area contributed by atoms with Gasteiger partial charge in [0.25, 0.3) is 5.91 Å². The Bertz CT molecular complexity index is 472. The zero-order valence-corrected chi connectivity index (χ0v) is 11.4. The van der Waals surface area contributed by atoms with Gasteiger partial charge in [-0.15, -0.1) is 0 Å². The average molecular weight is 276 g/mol. The monoisotopic (exact) mass is 276 g/mol. The normalized spacial score (nSPS) is 25.0. The lowest BCUT2D eigenvalue weighted by Crippen LogP contribution is -2.46. The maximum atomic E-state index is 12.1. The van der Waals surface area contributed by atoms with Crippen molar-refractivity contribution in [2.24, 2.45) is 5.92 Å². The van der Waals surface area contributed by atoms with Crippen molar-refractivity contribution in [3.05, 3.63) is 24.3 Å². The third kappa shape index (κ3) is 3.04. The Kier molecular flexibility index (Phi) is 4.06. The number of hydrogen-bond donors (Lipinski definition) is 2. The van der Waals surface area contributed by atoms with Gasteiger partial charge in [0.2, 0.25) is 6.10 Å². The lowest BCUT2D eigenvalue weighted by Gasteiger charge is -2.27. The fourth-order valence-electron chi connectivity index (χ4n) is 2.61. The van der Waals surface area contributed by atoms with Crippen molar-refractivity contribution in [2.75, 3.05) is 26.2 Å². The van der Waals surface area contributed by atoms with Crippen LogP contribution in [0.2, 0.25) is 0 Å². The first-order chi connectivity index (χ1) is 9.83. The smallest absolute Gasteiger partial charge is 0.264 e. The van der Waals surface area contributed by atoms with E-state index < -0.39 is 6.10 Å². The van der Waals surface area contributed by atoms with Gasteiger partial charge >= 0.3 is 0 Å². The molecule has 2 aliphatic heterocycles. The van der Waals surface area contributed by atoms with Crippen molar-refractivity contribution >= 4 is 5.91 Å². The molecule has 2 N–H and O–H groups in total. The maximum absolute atomic E-state index is 12.1. The molecule has 1 aromatic carbocycles.